The van der Waals surface area contributed by atoms with Crippen LogP contribution in [0.4, 0.5) is 0 Å². The van der Waals surface area contributed by atoms with Crippen LogP contribution in [0.5, 0.6) is 5.75 Å². The summed E-state index contributed by atoms with van der Waals surface area (Å²) in [5.74, 6) is 1.91. The molecule has 2 rings (SSSR count). The van der Waals surface area contributed by atoms with Gasteiger partial charge in [-0.2, -0.15) is 0 Å². The molecule has 1 aromatic carbocycles. The quantitative estimate of drug-likeness (QED) is 0.812. The minimum Gasteiger partial charge on any atom is -0.493 e. The van der Waals surface area contributed by atoms with E-state index in [-0.39, 0.29) is 0 Å². The van der Waals surface area contributed by atoms with Crippen LogP contribution in [0, 0.1) is 0 Å². The second-order valence-corrected chi connectivity index (χ2v) is 4.14. The highest BCUT2D eigenvalue weighted by molar-refractivity contribution is 5.33. The first-order chi connectivity index (χ1) is 8.90. The van der Waals surface area contributed by atoms with Gasteiger partial charge in [-0.05, 0) is 24.6 Å². The molecule has 2 aromatic rings. The molecular formula is C15H19NO2. The molecule has 0 saturated carbocycles. The summed E-state index contributed by atoms with van der Waals surface area (Å²) < 4.78 is 11.0. The Morgan fingerprint density at radius 3 is 2.78 bits per heavy atom. The number of rotatable bonds is 7. The number of furan rings is 1. The predicted octanol–water partition coefficient (Wildman–Crippen LogP) is 3.36. The van der Waals surface area contributed by atoms with Gasteiger partial charge in [0.05, 0.1) is 19.4 Å². The number of para-hydroxylation sites is 1. The first-order valence-electron chi connectivity index (χ1n) is 6.34. The lowest BCUT2D eigenvalue weighted by Gasteiger charge is -2.11. The Morgan fingerprint density at radius 1 is 1.11 bits per heavy atom. The van der Waals surface area contributed by atoms with E-state index in [9.17, 15) is 0 Å². The molecule has 1 heterocycles. The first-order valence-corrected chi connectivity index (χ1v) is 6.34. The molecule has 3 nitrogen and oxygen atoms in total. The lowest BCUT2D eigenvalue weighted by atomic mass is 10.2. The van der Waals surface area contributed by atoms with E-state index in [1.165, 1.54) is 5.56 Å². The molecule has 0 aliphatic heterocycles. The van der Waals surface area contributed by atoms with Gasteiger partial charge in [-0.15, -0.1) is 0 Å². The van der Waals surface area contributed by atoms with Gasteiger partial charge in [-0.1, -0.05) is 25.1 Å². The number of benzene rings is 1. The Morgan fingerprint density at radius 2 is 2.00 bits per heavy atom. The zero-order chi connectivity index (χ0) is 12.6. The van der Waals surface area contributed by atoms with Gasteiger partial charge in [-0.3, -0.25) is 0 Å². The smallest absolute Gasteiger partial charge is 0.123 e. The fourth-order valence-corrected chi connectivity index (χ4v) is 1.74. The van der Waals surface area contributed by atoms with E-state index < -0.39 is 0 Å². The fraction of sp³-hybridized carbons (Fsp3) is 0.333. The van der Waals surface area contributed by atoms with E-state index >= 15 is 0 Å². The highest BCUT2D eigenvalue weighted by Crippen LogP contribution is 2.18. The van der Waals surface area contributed by atoms with Crippen LogP contribution in [0.15, 0.2) is 47.1 Å². The lowest BCUT2D eigenvalue weighted by molar-refractivity contribution is 0.313. The lowest BCUT2D eigenvalue weighted by Crippen LogP contribution is -2.13. The largest absolute Gasteiger partial charge is 0.493 e. The second kappa shape index (κ2) is 6.87. The first kappa shape index (κ1) is 12.7. The van der Waals surface area contributed by atoms with Crippen molar-refractivity contribution in [3.8, 4) is 5.75 Å². The van der Waals surface area contributed by atoms with E-state index in [1.54, 1.807) is 6.26 Å². The third kappa shape index (κ3) is 3.64. The average Bonchev–Trinajstić information content (AvgIpc) is 2.91. The third-order valence-corrected chi connectivity index (χ3v) is 2.63. The molecule has 0 unspecified atom stereocenters. The molecule has 0 radical (unpaired) electrons. The van der Waals surface area contributed by atoms with Crippen molar-refractivity contribution in [2.75, 3.05) is 6.61 Å². The molecule has 0 saturated heterocycles. The summed E-state index contributed by atoms with van der Waals surface area (Å²) >= 11 is 0. The normalized spacial score (nSPS) is 10.5. The van der Waals surface area contributed by atoms with Crippen molar-refractivity contribution in [3.63, 3.8) is 0 Å². The summed E-state index contributed by atoms with van der Waals surface area (Å²) in [6, 6.07) is 12.0. The average molecular weight is 245 g/mol. The Balaban J connectivity index is 1.87. The number of hydrogen-bond acceptors (Lipinski definition) is 3. The van der Waals surface area contributed by atoms with Crippen LogP contribution >= 0.6 is 0 Å². The van der Waals surface area contributed by atoms with Gasteiger partial charge in [0.25, 0.3) is 0 Å². The van der Waals surface area contributed by atoms with Crippen LogP contribution in [-0.4, -0.2) is 6.61 Å². The van der Waals surface area contributed by atoms with Gasteiger partial charge in [0, 0.05) is 12.1 Å². The molecule has 0 aliphatic rings. The molecule has 0 fully saturated rings. The zero-order valence-corrected chi connectivity index (χ0v) is 10.7. The highest BCUT2D eigenvalue weighted by atomic mass is 16.5. The second-order valence-electron chi connectivity index (χ2n) is 4.14. The van der Waals surface area contributed by atoms with Gasteiger partial charge in [0.1, 0.15) is 11.5 Å². The SMILES string of the molecule is CCCOc1ccccc1CNCc1ccco1. The molecule has 18 heavy (non-hydrogen) atoms. The molecule has 0 atom stereocenters. The zero-order valence-electron chi connectivity index (χ0n) is 10.7. The van der Waals surface area contributed by atoms with Crippen molar-refractivity contribution in [3.05, 3.63) is 54.0 Å². The van der Waals surface area contributed by atoms with Crippen molar-refractivity contribution in [2.24, 2.45) is 0 Å². The molecule has 0 amide bonds. The topological polar surface area (TPSA) is 34.4 Å². The Kier molecular flexibility index (Phi) is 4.85. The fourth-order valence-electron chi connectivity index (χ4n) is 1.74. The van der Waals surface area contributed by atoms with Crippen LogP contribution in [0.2, 0.25) is 0 Å². The number of hydrogen-bond donors (Lipinski definition) is 1. The van der Waals surface area contributed by atoms with Crippen molar-refractivity contribution in [2.45, 2.75) is 26.4 Å². The third-order valence-electron chi connectivity index (χ3n) is 2.63. The summed E-state index contributed by atoms with van der Waals surface area (Å²) in [6.45, 7) is 4.38. The molecule has 96 valence electrons. The molecule has 0 bridgehead atoms. The van der Waals surface area contributed by atoms with E-state index in [2.05, 4.69) is 18.3 Å². The minimum absolute atomic E-state index is 0.731. The summed E-state index contributed by atoms with van der Waals surface area (Å²) in [6.07, 6.45) is 2.71. The van der Waals surface area contributed by atoms with E-state index in [0.717, 1.165) is 37.6 Å². The maximum Gasteiger partial charge on any atom is 0.123 e. The van der Waals surface area contributed by atoms with Crippen molar-refractivity contribution < 1.29 is 9.15 Å². The Labute approximate surface area is 108 Å². The van der Waals surface area contributed by atoms with Crippen LogP contribution in [0.25, 0.3) is 0 Å². The van der Waals surface area contributed by atoms with Crippen LogP contribution < -0.4 is 10.1 Å². The molecule has 3 heteroatoms. The molecule has 1 N–H and O–H groups in total. The highest BCUT2D eigenvalue weighted by Gasteiger charge is 2.02. The summed E-state index contributed by atoms with van der Waals surface area (Å²) in [7, 11) is 0. The van der Waals surface area contributed by atoms with E-state index in [4.69, 9.17) is 9.15 Å². The van der Waals surface area contributed by atoms with Crippen molar-refractivity contribution in [1.82, 2.24) is 5.32 Å². The monoisotopic (exact) mass is 245 g/mol. The molecular weight excluding hydrogens is 226 g/mol. The summed E-state index contributed by atoms with van der Waals surface area (Å²) in [4.78, 5) is 0. The van der Waals surface area contributed by atoms with Gasteiger partial charge in [0.2, 0.25) is 0 Å². The Hall–Kier alpha value is -1.74. The summed E-state index contributed by atoms with van der Waals surface area (Å²) in [5.41, 5.74) is 1.18. The van der Waals surface area contributed by atoms with Crippen LogP contribution in [-0.2, 0) is 13.1 Å². The predicted molar refractivity (Wildman–Crippen MR) is 71.5 cm³/mol. The molecule has 0 spiro atoms. The molecule has 1 aromatic heterocycles. The van der Waals surface area contributed by atoms with Gasteiger partial charge >= 0.3 is 0 Å². The van der Waals surface area contributed by atoms with Gasteiger partial charge < -0.3 is 14.5 Å². The van der Waals surface area contributed by atoms with Crippen molar-refractivity contribution >= 4 is 0 Å². The van der Waals surface area contributed by atoms with Crippen LogP contribution in [0.1, 0.15) is 24.7 Å². The van der Waals surface area contributed by atoms with Gasteiger partial charge in [-0.25, -0.2) is 0 Å². The standard InChI is InChI=1S/C15H19NO2/c1-2-9-18-15-8-4-3-6-13(15)11-16-12-14-7-5-10-17-14/h3-8,10,16H,2,9,11-12H2,1H3. The minimum atomic E-state index is 0.731. The van der Waals surface area contributed by atoms with E-state index in [1.807, 2.05) is 30.3 Å². The van der Waals surface area contributed by atoms with Gasteiger partial charge in [0.15, 0.2) is 0 Å². The van der Waals surface area contributed by atoms with E-state index in [0.29, 0.717) is 0 Å². The van der Waals surface area contributed by atoms with Crippen molar-refractivity contribution in [1.29, 1.82) is 0 Å². The molecule has 0 aliphatic carbocycles. The number of nitrogens with one attached hydrogen (secondary N) is 1. The van der Waals surface area contributed by atoms with Crippen LogP contribution in [0.3, 0.4) is 0 Å². The maximum atomic E-state index is 5.71. The summed E-state index contributed by atoms with van der Waals surface area (Å²) in [5, 5.41) is 3.35. The number of ether oxygens (including phenoxy) is 1. The Bertz CT molecular complexity index is 451. The maximum absolute atomic E-state index is 5.71.